The Morgan fingerprint density at radius 3 is 2.50 bits per heavy atom. The third-order valence-electron chi connectivity index (χ3n) is 8.02. The van der Waals surface area contributed by atoms with E-state index < -0.39 is 21.1 Å². The van der Waals surface area contributed by atoms with Crippen LogP contribution < -0.4 is 5.43 Å². The lowest BCUT2D eigenvalue weighted by atomic mass is 9.43. The van der Waals surface area contributed by atoms with Crippen molar-refractivity contribution in [3.05, 3.63) is 50.6 Å². The van der Waals surface area contributed by atoms with Crippen LogP contribution in [0.25, 0.3) is 0 Å². The third kappa shape index (κ3) is 4.85. The maximum atomic E-state index is 11.4. The van der Waals surface area contributed by atoms with E-state index in [0.29, 0.717) is 12.8 Å². The second kappa shape index (κ2) is 9.09. The maximum Gasteiger partial charge on any atom is 0.301 e. The first kappa shape index (κ1) is 25.8. The van der Waals surface area contributed by atoms with E-state index in [-0.39, 0.29) is 34.0 Å². The summed E-state index contributed by atoms with van der Waals surface area (Å²) < 4.78 is 0. The van der Waals surface area contributed by atoms with Gasteiger partial charge in [-0.05, 0) is 74.7 Å². The lowest BCUT2D eigenvalue weighted by Crippen LogP contribution is -2.60. The van der Waals surface area contributed by atoms with Crippen molar-refractivity contribution in [3.8, 4) is 0 Å². The van der Waals surface area contributed by atoms with Crippen LogP contribution in [-0.4, -0.2) is 26.3 Å². The lowest BCUT2D eigenvalue weighted by molar-refractivity contribution is -0.393. The molecule has 9 heteroatoms. The SMILES string of the molecule is C=C1C[C@@](C)(O)[C@H]2C(C)(C)CCC[C@]2(C)[C@H]1CC/C(C)=N/Nc1ccc([N+](=O)[O-])cc1[N+](=O)[O-]. The maximum absolute atomic E-state index is 11.4. The highest BCUT2D eigenvalue weighted by atomic mass is 16.6. The fourth-order valence-electron chi connectivity index (χ4n) is 7.16. The zero-order valence-electron chi connectivity index (χ0n) is 20.8. The van der Waals surface area contributed by atoms with E-state index in [9.17, 15) is 25.3 Å². The molecule has 2 fully saturated rings. The minimum absolute atomic E-state index is 0.0367. The minimum atomic E-state index is -0.786. The summed E-state index contributed by atoms with van der Waals surface area (Å²) in [6, 6.07) is 3.44. The van der Waals surface area contributed by atoms with Crippen LogP contribution in [0.5, 0.6) is 0 Å². The number of nitro groups is 2. The van der Waals surface area contributed by atoms with Gasteiger partial charge in [0.25, 0.3) is 5.69 Å². The van der Waals surface area contributed by atoms with Gasteiger partial charge >= 0.3 is 5.69 Å². The average Bonchev–Trinajstić information content (AvgIpc) is 2.69. The van der Waals surface area contributed by atoms with Gasteiger partial charge in [-0.25, -0.2) is 0 Å². The van der Waals surface area contributed by atoms with Gasteiger partial charge in [0.1, 0.15) is 5.69 Å². The molecular formula is C25H36N4O5. The number of aliphatic hydroxyl groups is 1. The van der Waals surface area contributed by atoms with Gasteiger partial charge in [-0.2, -0.15) is 5.10 Å². The molecule has 4 atom stereocenters. The zero-order chi connectivity index (χ0) is 25.5. The van der Waals surface area contributed by atoms with E-state index in [2.05, 4.69) is 37.9 Å². The van der Waals surface area contributed by atoms with Gasteiger partial charge in [-0.1, -0.05) is 39.3 Å². The summed E-state index contributed by atoms with van der Waals surface area (Å²) >= 11 is 0. The van der Waals surface area contributed by atoms with E-state index in [0.717, 1.165) is 43.0 Å². The first-order valence-electron chi connectivity index (χ1n) is 11.8. The molecule has 0 spiro atoms. The lowest BCUT2D eigenvalue weighted by Gasteiger charge is -2.63. The van der Waals surface area contributed by atoms with Crippen LogP contribution in [0.1, 0.15) is 73.1 Å². The number of nitro benzene ring substituents is 2. The number of hydrazone groups is 1. The Balaban J connectivity index is 1.76. The second-order valence-corrected chi connectivity index (χ2v) is 11.2. The van der Waals surface area contributed by atoms with Gasteiger partial charge in [0.2, 0.25) is 0 Å². The first-order chi connectivity index (χ1) is 15.7. The molecule has 0 heterocycles. The molecule has 2 N–H and O–H groups in total. The Bertz CT molecular complexity index is 1030. The molecule has 0 amide bonds. The van der Waals surface area contributed by atoms with Crippen molar-refractivity contribution in [1.82, 2.24) is 0 Å². The molecule has 2 saturated carbocycles. The Morgan fingerprint density at radius 2 is 1.88 bits per heavy atom. The normalized spacial score (nSPS) is 31.0. The largest absolute Gasteiger partial charge is 0.390 e. The van der Waals surface area contributed by atoms with Crippen molar-refractivity contribution in [2.24, 2.45) is 27.8 Å². The zero-order valence-corrected chi connectivity index (χ0v) is 20.8. The van der Waals surface area contributed by atoms with Gasteiger partial charge in [0.05, 0.1) is 21.5 Å². The summed E-state index contributed by atoms with van der Waals surface area (Å²) in [4.78, 5) is 21.0. The van der Waals surface area contributed by atoms with E-state index in [1.54, 1.807) is 0 Å². The van der Waals surface area contributed by atoms with Crippen LogP contribution in [0.15, 0.2) is 35.5 Å². The Morgan fingerprint density at radius 1 is 1.21 bits per heavy atom. The van der Waals surface area contributed by atoms with Crippen molar-refractivity contribution in [2.45, 2.75) is 78.7 Å². The van der Waals surface area contributed by atoms with Gasteiger partial charge in [-0.3, -0.25) is 25.7 Å². The van der Waals surface area contributed by atoms with E-state index >= 15 is 0 Å². The van der Waals surface area contributed by atoms with Crippen LogP contribution >= 0.6 is 0 Å². The molecule has 1 aromatic carbocycles. The van der Waals surface area contributed by atoms with Crippen molar-refractivity contribution in [1.29, 1.82) is 0 Å². The number of hydrogen-bond donors (Lipinski definition) is 2. The highest BCUT2D eigenvalue weighted by Crippen LogP contribution is 2.64. The molecule has 0 unspecified atom stereocenters. The summed E-state index contributed by atoms with van der Waals surface area (Å²) in [5.41, 5.74) is 3.11. The number of hydrogen-bond acceptors (Lipinski definition) is 7. The van der Waals surface area contributed by atoms with Gasteiger partial charge < -0.3 is 5.11 Å². The number of non-ortho nitro benzene ring substituents is 1. The average molecular weight is 473 g/mol. The number of rotatable bonds is 7. The monoisotopic (exact) mass is 472 g/mol. The van der Waals surface area contributed by atoms with Gasteiger partial charge in [0, 0.05) is 11.8 Å². The Hall–Kier alpha value is -2.81. The number of nitrogens with zero attached hydrogens (tertiary/aromatic N) is 3. The molecule has 1 aromatic rings. The summed E-state index contributed by atoms with van der Waals surface area (Å²) in [5.74, 6) is 0.408. The molecule has 2 aliphatic carbocycles. The van der Waals surface area contributed by atoms with E-state index in [1.165, 1.54) is 12.1 Å². The molecule has 34 heavy (non-hydrogen) atoms. The molecular weight excluding hydrogens is 436 g/mol. The molecule has 2 aliphatic rings. The van der Waals surface area contributed by atoms with Gasteiger partial charge in [-0.15, -0.1) is 0 Å². The summed E-state index contributed by atoms with van der Waals surface area (Å²) in [5, 5.41) is 38.0. The summed E-state index contributed by atoms with van der Waals surface area (Å²) in [6.07, 6.45) is 5.36. The topological polar surface area (TPSA) is 131 Å². The van der Waals surface area contributed by atoms with E-state index in [1.807, 2.05) is 13.8 Å². The predicted octanol–water partition coefficient (Wildman–Crippen LogP) is 6.23. The summed E-state index contributed by atoms with van der Waals surface area (Å²) in [6.45, 7) is 15.0. The highest BCUT2D eigenvalue weighted by Gasteiger charge is 2.60. The third-order valence-corrected chi connectivity index (χ3v) is 8.02. The number of fused-ring (bicyclic) bond motifs is 1. The van der Waals surface area contributed by atoms with Crippen molar-refractivity contribution in [3.63, 3.8) is 0 Å². The fraction of sp³-hybridized carbons (Fsp3) is 0.640. The van der Waals surface area contributed by atoms with Crippen LogP contribution in [0.2, 0.25) is 0 Å². The number of benzene rings is 1. The second-order valence-electron chi connectivity index (χ2n) is 11.2. The minimum Gasteiger partial charge on any atom is -0.390 e. The quantitative estimate of drug-likeness (QED) is 0.209. The van der Waals surface area contributed by atoms with Crippen molar-refractivity contribution in [2.75, 3.05) is 5.43 Å². The van der Waals surface area contributed by atoms with Crippen LogP contribution in [0.4, 0.5) is 17.1 Å². The van der Waals surface area contributed by atoms with Crippen LogP contribution in [0, 0.1) is 42.9 Å². The molecule has 3 rings (SSSR count). The van der Waals surface area contributed by atoms with Crippen molar-refractivity contribution >= 4 is 22.8 Å². The molecule has 0 saturated heterocycles. The number of anilines is 1. The van der Waals surface area contributed by atoms with Crippen LogP contribution in [0.3, 0.4) is 0 Å². The smallest absolute Gasteiger partial charge is 0.301 e. The van der Waals surface area contributed by atoms with E-state index in [4.69, 9.17) is 0 Å². The first-order valence-corrected chi connectivity index (χ1v) is 11.8. The fourth-order valence-corrected chi connectivity index (χ4v) is 7.16. The predicted molar refractivity (Wildman–Crippen MR) is 133 cm³/mol. The molecule has 9 nitrogen and oxygen atoms in total. The Labute approximate surface area is 200 Å². The molecule has 186 valence electrons. The standard InChI is InChI=1S/C25H36N4O5/c1-16-15-25(6,30)22-23(3,4)12-7-13-24(22,5)19(16)10-8-17(2)26-27-20-11-9-18(28(31)32)14-21(20)29(33)34/h9,11,14,19,22,27,30H,1,7-8,10,12-13,15H2,2-6H3/b26-17+/t19-,22-,24+,25+/m0/s1. The molecule has 0 aromatic heterocycles. The van der Waals surface area contributed by atoms with Gasteiger partial charge in [0.15, 0.2) is 0 Å². The number of nitrogens with one attached hydrogen (secondary N) is 1. The Kier molecular flexibility index (Phi) is 6.90. The highest BCUT2D eigenvalue weighted by molar-refractivity contribution is 5.83. The van der Waals surface area contributed by atoms with Crippen molar-refractivity contribution < 1.29 is 15.0 Å². The van der Waals surface area contributed by atoms with Crippen LogP contribution in [-0.2, 0) is 0 Å². The molecule has 0 radical (unpaired) electrons. The summed E-state index contributed by atoms with van der Waals surface area (Å²) in [7, 11) is 0. The molecule has 0 bridgehead atoms. The molecule has 0 aliphatic heterocycles.